The summed E-state index contributed by atoms with van der Waals surface area (Å²) >= 11 is 0. The van der Waals surface area contributed by atoms with Crippen LogP contribution in [0.2, 0.25) is 0 Å². The molecule has 2 N–H and O–H groups in total. The molecule has 0 atom stereocenters. The average Bonchev–Trinajstić information content (AvgIpc) is 3.44. The molecule has 3 aromatic heterocycles. The Labute approximate surface area is 200 Å². The highest BCUT2D eigenvalue weighted by Crippen LogP contribution is 2.37. The molecular weight excluding hydrogens is 449 g/mol. The van der Waals surface area contributed by atoms with E-state index in [4.69, 9.17) is 10.5 Å². The summed E-state index contributed by atoms with van der Waals surface area (Å²) in [6, 6.07) is 6.35. The van der Waals surface area contributed by atoms with E-state index >= 15 is 4.39 Å². The average molecular weight is 471 g/mol. The van der Waals surface area contributed by atoms with Gasteiger partial charge < -0.3 is 19.9 Å². The molecule has 0 aliphatic carbocycles. The second-order valence-corrected chi connectivity index (χ2v) is 8.11. The molecule has 5 rings (SSSR count). The summed E-state index contributed by atoms with van der Waals surface area (Å²) in [6.45, 7) is 8.10. The number of nitrogen functional groups attached to an aromatic ring is 1. The van der Waals surface area contributed by atoms with Gasteiger partial charge in [-0.1, -0.05) is 12.7 Å². The fourth-order valence-corrected chi connectivity index (χ4v) is 4.23. The van der Waals surface area contributed by atoms with Crippen molar-refractivity contribution in [1.29, 1.82) is 0 Å². The number of carbonyl (C=O) groups is 1. The number of nitrogens with zero attached hydrogens (tertiary/aromatic N) is 6. The Kier molecular flexibility index (Phi) is 5.48. The van der Waals surface area contributed by atoms with Gasteiger partial charge >= 0.3 is 6.01 Å². The van der Waals surface area contributed by atoms with E-state index in [1.54, 1.807) is 30.2 Å². The first-order valence-corrected chi connectivity index (χ1v) is 10.9. The van der Waals surface area contributed by atoms with Gasteiger partial charge in [-0.05, 0) is 43.7 Å². The lowest BCUT2D eigenvalue weighted by Gasteiger charge is -2.17. The highest BCUT2D eigenvalue weighted by molar-refractivity contribution is 5.96. The minimum Gasteiger partial charge on any atom is -0.421 e. The summed E-state index contributed by atoms with van der Waals surface area (Å²) in [4.78, 5) is 30.6. The van der Waals surface area contributed by atoms with E-state index in [2.05, 4.69) is 26.5 Å². The fourth-order valence-electron chi connectivity index (χ4n) is 4.23. The summed E-state index contributed by atoms with van der Waals surface area (Å²) in [7, 11) is 0. The Hall–Kier alpha value is -4.60. The third-order valence-electron chi connectivity index (χ3n) is 5.87. The van der Waals surface area contributed by atoms with Crippen LogP contribution in [0.5, 0.6) is 11.8 Å². The van der Waals surface area contributed by atoms with Gasteiger partial charge in [-0.3, -0.25) is 4.79 Å². The molecule has 0 unspecified atom stereocenters. The SMILES string of the molecule is C=CC(=O)N1CC=C(c2c(C)c3ncnc(N)c3n2-c2ccc(Oc3nccc(C)n3)c(F)c2)C1. The molecule has 1 aliphatic rings. The normalized spacial score (nSPS) is 13.2. The van der Waals surface area contributed by atoms with Gasteiger partial charge in [0.15, 0.2) is 17.4 Å². The first-order chi connectivity index (χ1) is 16.9. The minimum absolute atomic E-state index is 0.0128. The Morgan fingerprint density at radius 1 is 1.23 bits per heavy atom. The molecule has 35 heavy (non-hydrogen) atoms. The number of anilines is 1. The number of fused-ring (bicyclic) bond motifs is 1. The third-order valence-corrected chi connectivity index (χ3v) is 5.87. The van der Waals surface area contributed by atoms with E-state index in [0.29, 0.717) is 35.5 Å². The molecule has 1 aromatic carbocycles. The van der Waals surface area contributed by atoms with Crippen LogP contribution in [0.25, 0.3) is 22.3 Å². The Bertz CT molecular complexity index is 1530. The second-order valence-electron chi connectivity index (χ2n) is 8.11. The highest BCUT2D eigenvalue weighted by Gasteiger charge is 2.27. The van der Waals surface area contributed by atoms with Crippen LogP contribution in [-0.2, 0) is 4.79 Å². The number of halogens is 1. The van der Waals surface area contributed by atoms with Crippen molar-refractivity contribution < 1.29 is 13.9 Å². The molecule has 0 saturated heterocycles. The maximum Gasteiger partial charge on any atom is 0.322 e. The monoisotopic (exact) mass is 471 g/mol. The lowest BCUT2D eigenvalue weighted by atomic mass is 10.1. The zero-order chi connectivity index (χ0) is 24.7. The van der Waals surface area contributed by atoms with Gasteiger partial charge in [0.2, 0.25) is 5.91 Å². The largest absolute Gasteiger partial charge is 0.421 e. The predicted octanol–water partition coefficient (Wildman–Crippen LogP) is 3.75. The molecule has 9 nitrogen and oxygen atoms in total. The topological polar surface area (TPSA) is 112 Å². The molecule has 0 radical (unpaired) electrons. The number of nitrogens with two attached hydrogens (primary N) is 1. The lowest BCUT2D eigenvalue weighted by Crippen LogP contribution is -2.26. The number of hydrogen-bond donors (Lipinski definition) is 1. The summed E-state index contributed by atoms with van der Waals surface area (Å²) < 4.78 is 22.6. The van der Waals surface area contributed by atoms with Crippen LogP contribution in [0.4, 0.5) is 10.2 Å². The van der Waals surface area contributed by atoms with Crippen molar-refractivity contribution in [3.8, 4) is 17.4 Å². The number of aryl methyl sites for hydroxylation is 2. The Balaban J connectivity index is 1.62. The van der Waals surface area contributed by atoms with Crippen LogP contribution < -0.4 is 10.5 Å². The highest BCUT2D eigenvalue weighted by atomic mass is 19.1. The van der Waals surface area contributed by atoms with E-state index in [1.807, 2.05) is 17.6 Å². The number of amides is 1. The van der Waals surface area contributed by atoms with Crippen molar-refractivity contribution in [2.45, 2.75) is 13.8 Å². The van der Waals surface area contributed by atoms with Gasteiger partial charge in [-0.15, -0.1) is 0 Å². The molecular formula is C25H22FN7O2. The number of aromatic nitrogens is 5. The summed E-state index contributed by atoms with van der Waals surface area (Å²) in [5.74, 6) is -0.517. The number of carbonyl (C=O) groups excluding carboxylic acids is 1. The first kappa shape index (κ1) is 22.2. The van der Waals surface area contributed by atoms with Gasteiger partial charge in [0.25, 0.3) is 0 Å². The molecule has 0 bridgehead atoms. The zero-order valence-electron chi connectivity index (χ0n) is 19.2. The van der Waals surface area contributed by atoms with E-state index in [-0.39, 0.29) is 23.5 Å². The summed E-state index contributed by atoms with van der Waals surface area (Å²) in [6.07, 6.45) is 6.19. The summed E-state index contributed by atoms with van der Waals surface area (Å²) in [5.41, 5.74) is 11.2. The second kappa shape index (κ2) is 8.64. The van der Waals surface area contributed by atoms with Crippen LogP contribution in [-0.4, -0.2) is 48.4 Å². The van der Waals surface area contributed by atoms with Crippen LogP contribution in [0.1, 0.15) is 17.0 Å². The van der Waals surface area contributed by atoms with Crippen molar-refractivity contribution in [2.24, 2.45) is 0 Å². The zero-order valence-corrected chi connectivity index (χ0v) is 19.2. The van der Waals surface area contributed by atoms with Crippen LogP contribution in [0, 0.1) is 19.7 Å². The standard InChI is InChI=1S/C25H22FN7O2/c1-4-20(34)32-10-8-16(12-32)22-15(3)21-23(24(27)30-13-29-21)33(22)17-5-6-19(18(26)11-17)35-25-28-9-7-14(2)31-25/h4-9,11,13H,1,10,12H2,2-3H3,(H2,27,29,30). The summed E-state index contributed by atoms with van der Waals surface area (Å²) in [5, 5.41) is 0. The molecule has 0 saturated carbocycles. The quantitative estimate of drug-likeness (QED) is 0.441. The van der Waals surface area contributed by atoms with Gasteiger partial charge in [0.05, 0.1) is 11.2 Å². The van der Waals surface area contributed by atoms with Crippen molar-refractivity contribution in [3.63, 3.8) is 0 Å². The van der Waals surface area contributed by atoms with Crippen molar-refractivity contribution in [2.75, 3.05) is 18.8 Å². The van der Waals surface area contributed by atoms with E-state index in [9.17, 15) is 4.79 Å². The molecule has 0 fully saturated rings. The molecule has 1 aliphatic heterocycles. The van der Waals surface area contributed by atoms with Crippen LogP contribution >= 0.6 is 0 Å². The molecule has 176 valence electrons. The van der Waals surface area contributed by atoms with E-state index in [0.717, 1.165) is 16.8 Å². The molecule has 4 heterocycles. The third kappa shape index (κ3) is 3.88. The smallest absolute Gasteiger partial charge is 0.322 e. The predicted molar refractivity (Wildman–Crippen MR) is 130 cm³/mol. The van der Waals surface area contributed by atoms with Gasteiger partial charge in [-0.25, -0.2) is 24.3 Å². The van der Waals surface area contributed by atoms with Crippen molar-refractivity contribution in [3.05, 3.63) is 78.3 Å². The van der Waals surface area contributed by atoms with Crippen molar-refractivity contribution in [1.82, 2.24) is 29.4 Å². The number of hydrogen-bond acceptors (Lipinski definition) is 7. The van der Waals surface area contributed by atoms with E-state index in [1.165, 1.54) is 24.5 Å². The fraction of sp³-hybridized carbons (Fsp3) is 0.160. The number of rotatable bonds is 5. The molecule has 10 heteroatoms. The molecule has 4 aromatic rings. The molecule has 0 spiro atoms. The number of benzene rings is 1. The van der Waals surface area contributed by atoms with Gasteiger partial charge in [0.1, 0.15) is 11.8 Å². The maximum absolute atomic E-state index is 15.2. The number of ether oxygens (including phenoxy) is 1. The lowest BCUT2D eigenvalue weighted by molar-refractivity contribution is -0.124. The minimum atomic E-state index is -0.600. The van der Waals surface area contributed by atoms with Gasteiger partial charge in [0, 0.05) is 42.3 Å². The molecule has 1 amide bonds. The van der Waals surface area contributed by atoms with Crippen LogP contribution in [0.15, 0.2) is 55.5 Å². The Morgan fingerprint density at radius 3 is 2.80 bits per heavy atom. The van der Waals surface area contributed by atoms with Gasteiger partial charge in [-0.2, -0.15) is 0 Å². The maximum atomic E-state index is 15.2. The Morgan fingerprint density at radius 2 is 2.06 bits per heavy atom. The van der Waals surface area contributed by atoms with Crippen LogP contribution in [0.3, 0.4) is 0 Å². The van der Waals surface area contributed by atoms with E-state index < -0.39 is 5.82 Å². The first-order valence-electron chi connectivity index (χ1n) is 10.9. The van der Waals surface area contributed by atoms with Crippen molar-refractivity contribution >= 4 is 28.3 Å².